The molecule has 1 N–H and O–H groups in total. The fourth-order valence-electron chi connectivity index (χ4n) is 1.79. The van der Waals surface area contributed by atoms with E-state index in [0.717, 1.165) is 25.9 Å². The van der Waals surface area contributed by atoms with Crippen LogP contribution in [0, 0.1) is 5.92 Å². The standard InChI is InChI=1S/C10H20FNO/c1-3-13-8-10(2,11)9-5-4-6-12-7-9/h9,12H,3-8H2,1-2H3. The summed E-state index contributed by atoms with van der Waals surface area (Å²) in [5.74, 6) is 0.118. The maximum Gasteiger partial charge on any atom is 0.135 e. The van der Waals surface area contributed by atoms with Crippen molar-refractivity contribution < 1.29 is 9.13 Å². The summed E-state index contributed by atoms with van der Waals surface area (Å²) in [5, 5.41) is 3.22. The predicted molar refractivity (Wildman–Crippen MR) is 51.6 cm³/mol. The summed E-state index contributed by atoms with van der Waals surface area (Å²) < 4.78 is 19.1. The van der Waals surface area contributed by atoms with E-state index in [1.54, 1.807) is 6.92 Å². The van der Waals surface area contributed by atoms with Gasteiger partial charge in [0.2, 0.25) is 0 Å². The lowest BCUT2D eigenvalue weighted by atomic mass is 9.85. The minimum atomic E-state index is -1.16. The van der Waals surface area contributed by atoms with Gasteiger partial charge in [-0.2, -0.15) is 0 Å². The molecule has 1 aliphatic heterocycles. The van der Waals surface area contributed by atoms with E-state index in [0.29, 0.717) is 6.61 Å². The van der Waals surface area contributed by atoms with Crippen molar-refractivity contribution >= 4 is 0 Å². The van der Waals surface area contributed by atoms with Crippen molar-refractivity contribution in [2.45, 2.75) is 32.4 Å². The largest absolute Gasteiger partial charge is 0.378 e. The Morgan fingerprint density at radius 1 is 1.62 bits per heavy atom. The molecule has 3 heteroatoms. The van der Waals surface area contributed by atoms with Crippen LogP contribution in [-0.2, 0) is 4.74 Å². The maximum atomic E-state index is 14.0. The summed E-state index contributed by atoms with van der Waals surface area (Å²) in [4.78, 5) is 0. The van der Waals surface area contributed by atoms with Crippen molar-refractivity contribution in [1.82, 2.24) is 5.32 Å². The molecule has 78 valence electrons. The number of hydrogen-bond donors (Lipinski definition) is 1. The minimum Gasteiger partial charge on any atom is -0.378 e. The summed E-state index contributed by atoms with van der Waals surface area (Å²) in [6, 6.07) is 0. The zero-order chi connectivity index (χ0) is 9.73. The van der Waals surface area contributed by atoms with Crippen molar-refractivity contribution in [2.24, 2.45) is 5.92 Å². The third-order valence-electron chi connectivity index (χ3n) is 2.74. The molecule has 0 bridgehead atoms. The van der Waals surface area contributed by atoms with Crippen LogP contribution in [0.25, 0.3) is 0 Å². The summed E-state index contributed by atoms with van der Waals surface area (Å²) in [7, 11) is 0. The van der Waals surface area contributed by atoms with E-state index in [1.807, 2.05) is 6.92 Å². The molecule has 0 radical (unpaired) electrons. The molecule has 0 aromatic carbocycles. The van der Waals surface area contributed by atoms with E-state index in [-0.39, 0.29) is 12.5 Å². The lowest BCUT2D eigenvalue weighted by Crippen LogP contribution is -2.44. The Hall–Kier alpha value is -0.150. The van der Waals surface area contributed by atoms with E-state index >= 15 is 0 Å². The van der Waals surface area contributed by atoms with Crippen molar-refractivity contribution in [1.29, 1.82) is 0 Å². The molecule has 1 saturated heterocycles. The molecular formula is C10H20FNO. The third kappa shape index (κ3) is 3.24. The van der Waals surface area contributed by atoms with E-state index < -0.39 is 5.67 Å². The second kappa shape index (κ2) is 4.91. The van der Waals surface area contributed by atoms with Gasteiger partial charge in [-0.1, -0.05) is 0 Å². The molecular weight excluding hydrogens is 169 g/mol. The SMILES string of the molecule is CCOCC(C)(F)C1CCCNC1. The number of rotatable bonds is 4. The van der Waals surface area contributed by atoms with Crippen molar-refractivity contribution in [2.75, 3.05) is 26.3 Å². The summed E-state index contributed by atoms with van der Waals surface area (Å²) in [5.41, 5.74) is -1.16. The van der Waals surface area contributed by atoms with Gasteiger partial charge in [0.05, 0.1) is 6.61 Å². The third-order valence-corrected chi connectivity index (χ3v) is 2.74. The number of alkyl halides is 1. The molecule has 0 amide bonds. The second-order valence-electron chi connectivity index (χ2n) is 3.96. The lowest BCUT2D eigenvalue weighted by Gasteiger charge is -2.33. The van der Waals surface area contributed by atoms with Crippen molar-refractivity contribution in [3.05, 3.63) is 0 Å². The molecule has 1 fully saturated rings. The maximum absolute atomic E-state index is 14.0. The highest BCUT2D eigenvalue weighted by molar-refractivity contribution is 4.86. The van der Waals surface area contributed by atoms with Gasteiger partial charge in [0.1, 0.15) is 5.67 Å². The normalized spacial score (nSPS) is 28.4. The number of halogens is 1. The predicted octanol–water partition coefficient (Wildman–Crippen LogP) is 1.75. The highest BCUT2D eigenvalue weighted by Gasteiger charge is 2.35. The van der Waals surface area contributed by atoms with Gasteiger partial charge < -0.3 is 10.1 Å². The average molecular weight is 189 g/mol. The number of nitrogens with one attached hydrogen (secondary N) is 1. The van der Waals surface area contributed by atoms with E-state index in [2.05, 4.69) is 5.32 Å². The van der Waals surface area contributed by atoms with Gasteiger partial charge in [-0.15, -0.1) is 0 Å². The summed E-state index contributed by atoms with van der Waals surface area (Å²) in [6.45, 7) is 6.20. The quantitative estimate of drug-likeness (QED) is 0.727. The van der Waals surface area contributed by atoms with E-state index in [4.69, 9.17) is 4.74 Å². The van der Waals surface area contributed by atoms with Crippen LogP contribution in [0.15, 0.2) is 0 Å². The molecule has 0 aliphatic carbocycles. The molecule has 2 nitrogen and oxygen atoms in total. The molecule has 0 aromatic heterocycles. The van der Waals surface area contributed by atoms with Crippen LogP contribution in [0.2, 0.25) is 0 Å². The van der Waals surface area contributed by atoms with Gasteiger partial charge >= 0.3 is 0 Å². The molecule has 0 aromatic rings. The van der Waals surface area contributed by atoms with Gasteiger partial charge in [0.15, 0.2) is 0 Å². The molecule has 0 saturated carbocycles. The van der Waals surface area contributed by atoms with E-state index in [1.165, 1.54) is 0 Å². The van der Waals surface area contributed by atoms with Crippen LogP contribution >= 0.6 is 0 Å². The molecule has 1 heterocycles. The lowest BCUT2D eigenvalue weighted by molar-refractivity contribution is -0.0140. The smallest absolute Gasteiger partial charge is 0.135 e. The van der Waals surface area contributed by atoms with E-state index in [9.17, 15) is 4.39 Å². The van der Waals surface area contributed by atoms with Crippen LogP contribution < -0.4 is 5.32 Å². The first kappa shape index (κ1) is 10.9. The Morgan fingerprint density at radius 2 is 2.38 bits per heavy atom. The Balaban J connectivity index is 2.36. The topological polar surface area (TPSA) is 21.3 Å². The fraction of sp³-hybridized carbons (Fsp3) is 1.00. The zero-order valence-electron chi connectivity index (χ0n) is 8.61. The fourth-order valence-corrected chi connectivity index (χ4v) is 1.79. The van der Waals surface area contributed by atoms with Crippen LogP contribution in [0.1, 0.15) is 26.7 Å². The first-order valence-corrected chi connectivity index (χ1v) is 5.14. The molecule has 13 heavy (non-hydrogen) atoms. The first-order valence-electron chi connectivity index (χ1n) is 5.14. The van der Waals surface area contributed by atoms with Gasteiger partial charge in [0.25, 0.3) is 0 Å². The molecule has 1 aliphatic rings. The van der Waals surface area contributed by atoms with Gasteiger partial charge in [-0.05, 0) is 33.2 Å². The second-order valence-corrected chi connectivity index (χ2v) is 3.96. The Kier molecular flexibility index (Phi) is 4.13. The minimum absolute atomic E-state index is 0.118. The Morgan fingerprint density at radius 3 is 2.92 bits per heavy atom. The van der Waals surface area contributed by atoms with Crippen LogP contribution in [0.5, 0.6) is 0 Å². The molecule has 1 rings (SSSR count). The first-order chi connectivity index (χ1) is 6.17. The van der Waals surface area contributed by atoms with Crippen molar-refractivity contribution in [3.63, 3.8) is 0 Å². The highest BCUT2D eigenvalue weighted by Crippen LogP contribution is 2.27. The number of ether oxygens (including phenoxy) is 1. The summed E-state index contributed by atoms with van der Waals surface area (Å²) >= 11 is 0. The zero-order valence-corrected chi connectivity index (χ0v) is 8.61. The molecule has 2 unspecified atom stereocenters. The van der Waals surface area contributed by atoms with Gasteiger partial charge in [0, 0.05) is 19.1 Å². The highest BCUT2D eigenvalue weighted by atomic mass is 19.1. The molecule has 0 spiro atoms. The van der Waals surface area contributed by atoms with Crippen LogP contribution in [0.4, 0.5) is 4.39 Å². The van der Waals surface area contributed by atoms with Crippen LogP contribution in [-0.4, -0.2) is 32.0 Å². The number of piperidine rings is 1. The number of hydrogen-bond acceptors (Lipinski definition) is 2. The summed E-state index contributed by atoms with van der Waals surface area (Å²) in [6.07, 6.45) is 2.06. The Labute approximate surface area is 79.8 Å². The molecule has 2 atom stereocenters. The van der Waals surface area contributed by atoms with Gasteiger partial charge in [-0.3, -0.25) is 0 Å². The van der Waals surface area contributed by atoms with Crippen LogP contribution in [0.3, 0.4) is 0 Å². The monoisotopic (exact) mass is 189 g/mol. The average Bonchev–Trinajstić information content (AvgIpc) is 2.16. The Bertz CT molecular complexity index is 144. The van der Waals surface area contributed by atoms with Crippen molar-refractivity contribution in [3.8, 4) is 0 Å². The van der Waals surface area contributed by atoms with Gasteiger partial charge in [-0.25, -0.2) is 4.39 Å².